The van der Waals surface area contributed by atoms with Gasteiger partial charge in [-0.15, -0.1) is 0 Å². The molecule has 0 atom stereocenters. The van der Waals surface area contributed by atoms with E-state index in [0.717, 1.165) is 0 Å². The van der Waals surface area contributed by atoms with Gasteiger partial charge in [0, 0.05) is 12.1 Å². The Morgan fingerprint density at radius 2 is 2.12 bits per heavy atom. The first-order valence-electron chi connectivity index (χ1n) is 4.57. The predicted molar refractivity (Wildman–Crippen MR) is 63.4 cm³/mol. The zero-order chi connectivity index (χ0) is 13.1. The fraction of sp³-hybridized carbons (Fsp3) is 0.222. The molecular formula is C9H11ClN2O4S. The minimum Gasteiger partial charge on any atom is -0.506 e. The van der Waals surface area contributed by atoms with Crippen LogP contribution >= 0.6 is 11.6 Å². The predicted octanol–water partition coefficient (Wildman–Crippen LogP) is 0.0639. The Bertz CT molecular complexity index is 530. The van der Waals surface area contributed by atoms with Crippen LogP contribution in [0.3, 0.4) is 0 Å². The highest BCUT2D eigenvalue weighted by Crippen LogP contribution is 2.23. The van der Waals surface area contributed by atoms with Crippen molar-refractivity contribution in [1.29, 1.82) is 0 Å². The summed E-state index contributed by atoms with van der Waals surface area (Å²) in [6.07, 6.45) is 0. The molecule has 0 spiro atoms. The zero-order valence-corrected chi connectivity index (χ0v) is 10.3. The van der Waals surface area contributed by atoms with Gasteiger partial charge < -0.3 is 10.4 Å². The summed E-state index contributed by atoms with van der Waals surface area (Å²) in [7, 11) is -3.60. The number of carbonyl (C=O) groups is 1. The topological polar surface area (TPSA) is 109 Å². The summed E-state index contributed by atoms with van der Waals surface area (Å²) in [4.78, 5) is 11.5. The van der Waals surface area contributed by atoms with Gasteiger partial charge in [0.15, 0.2) is 0 Å². The number of sulfonamides is 1. The summed E-state index contributed by atoms with van der Waals surface area (Å²) in [6.45, 7) is -0.0871. The van der Waals surface area contributed by atoms with Crippen LogP contribution in [0, 0.1) is 0 Å². The second-order valence-electron chi connectivity index (χ2n) is 3.29. The van der Waals surface area contributed by atoms with E-state index in [0.29, 0.717) is 0 Å². The van der Waals surface area contributed by atoms with Crippen LogP contribution in [0.5, 0.6) is 5.75 Å². The van der Waals surface area contributed by atoms with Gasteiger partial charge in [-0.3, -0.25) is 4.79 Å². The van der Waals surface area contributed by atoms with Crippen molar-refractivity contribution in [3.8, 4) is 5.75 Å². The monoisotopic (exact) mass is 278 g/mol. The summed E-state index contributed by atoms with van der Waals surface area (Å²) < 4.78 is 21.2. The molecule has 0 aliphatic carbocycles. The molecule has 0 aromatic heterocycles. The van der Waals surface area contributed by atoms with Crippen molar-refractivity contribution in [2.24, 2.45) is 5.14 Å². The minimum atomic E-state index is -3.60. The molecule has 0 saturated heterocycles. The van der Waals surface area contributed by atoms with Gasteiger partial charge in [0.25, 0.3) is 5.91 Å². The average Bonchev–Trinajstić information content (AvgIpc) is 2.20. The first-order chi connectivity index (χ1) is 7.79. The van der Waals surface area contributed by atoms with Gasteiger partial charge in [-0.25, -0.2) is 13.6 Å². The molecule has 1 aromatic rings. The van der Waals surface area contributed by atoms with Gasteiger partial charge in [-0.1, -0.05) is 11.6 Å². The van der Waals surface area contributed by atoms with Crippen molar-refractivity contribution in [3.63, 3.8) is 0 Å². The lowest BCUT2D eigenvalue weighted by Gasteiger charge is -2.05. The van der Waals surface area contributed by atoms with Gasteiger partial charge in [0.05, 0.1) is 10.8 Å². The SMILES string of the molecule is NS(=O)(=O)CCNC(=O)c1ccc(O)c(Cl)c1. The van der Waals surface area contributed by atoms with Crippen molar-refractivity contribution in [2.75, 3.05) is 12.3 Å². The minimum absolute atomic E-state index is 0.0455. The van der Waals surface area contributed by atoms with Crippen molar-refractivity contribution in [1.82, 2.24) is 5.32 Å². The average molecular weight is 279 g/mol. The molecule has 0 fully saturated rings. The molecule has 0 radical (unpaired) electrons. The lowest BCUT2D eigenvalue weighted by molar-refractivity contribution is 0.0956. The Balaban J connectivity index is 2.61. The van der Waals surface area contributed by atoms with E-state index in [9.17, 15) is 13.2 Å². The molecule has 8 heteroatoms. The number of halogens is 1. The number of primary sulfonamides is 1. The first-order valence-corrected chi connectivity index (χ1v) is 6.66. The quantitative estimate of drug-likeness (QED) is 0.723. The molecule has 0 bridgehead atoms. The van der Waals surface area contributed by atoms with Crippen LogP contribution in [-0.2, 0) is 10.0 Å². The molecule has 6 nitrogen and oxygen atoms in total. The number of aromatic hydroxyl groups is 1. The van der Waals surface area contributed by atoms with Gasteiger partial charge in [-0.2, -0.15) is 0 Å². The lowest BCUT2D eigenvalue weighted by atomic mass is 10.2. The molecule has 0 aliphatic rings. The van der Waals surface area contributed by atoms with Crippen molar-refractivity contribution >= 4 is 27.5 Å². The van der Waals surface area contributed by atoms with Crippen LogP contribution in [0.1, 0.15) is 10.4 Å². The third-order valence-corrected chi connectivity index (χ3v) is 2.96. The van der Waals surface area contributed by atoms with Crippen LogP contribution in [0.25, 0.3) is 0 Å². The lowest BCUT2D eigenvalue weighted by Crippen LogP contribution is -2.31. The highest BCUT2D eigenvalue weighted by Gasteiger charge is 2.09. The van der Waals surface area contributed by atoms with E-state index in [1.807, 2.05) is 0 Å². The standard InChI is InChI=1S/C9H11ClN2O4S/c10-7-5-6(1-2-8(7)13)9(14)12-3-4-17(11,15)16/h1-2,5,13H,3-4H2,(H,12,14)(H2,11,15,16). The summed E-state index contributed by atoms with van der Waals surface area (Å²) in [6, 6.07) is 3.92. The number of amides is 1. The maximum atomic E-state index is 11.5. The van der Waals surface area contributed by atoms with Crippen molar-refractivity contribution < 1.29 is 18.3 Å². The van der Waals surface area contributed by atoms with E-state index < -0.39 is 15.9 Å². The van der Waals surface area contributed by atoms with Gasteiger partial charge in [0.1, 0.15) is 5.75 Å². The summed E-state index contributed by atoms with van der Waals surface area (Å²) >= 11 is 5.62. The molecule has 1 aromatic carbocycles. The Morgan fingerprint density at radius 1 is 1.47 bits per heavy atom. The second-order valence-corrected chi connectivity index (χ2v) is 5.43. The molecule has 0 heterocycles. The maximum absolute atomic E-state index is 11.5. The number of benzene rings is 1. The molecule has 1 rings (SSSR count). The summed E-state index contributed by atoms with van der Waals surface area (Å²) in [5, 5.41) is 16.3. The van der Waals surface area contributed by atoms with Crippen LogP contribution < -0.4 is 10.5 Å². The van der Waals surface area contributed by atoms with E-state index in [-0.39, 0.29) is 28.6 Å². The Labute approximate surface area is 103 Å². The van der Waals surface area contributed by atoms with Gasteiger partial charge >= 0.3 is 0 Å². The molecule has 4 N–H and O–H groups in total. The highest BCUT2D eigenvalue weighted by molar-refractivity contribution is 7.89. The van der Waals surface area contributed by atoms with Crippen LogP contribution in [-0.4, -0.2) is 31.7 Å². The Kier molecular flexibility index (Phi) is 4.33. The molecule has 0 unspecified atom stereocenters. The molecular weight excluding hydrogens is 268 g/mol. The number of hydrogen-bond acceptors (Lipinski definition) is 4. The number of phenolic OH excluding ortho intramolecular Hbond substituents is 1. The van der Waals surface area contributed by atoms with E-state index in [2.05, 4.69) is 5.32 Å². The molecule has 0 aliphatic heterocycles. The van der Waals surface area contributed by atoms with E-state index in [4.69, 9.17) is 21.8 Å². The molecule has 0 saturated carbocycles. The maximum Gasteiger partial charge on any atom is 0.251 e. The number of nitrogens with one attached hydrogen (secondary N) is 1. The molecule has 94 valence electrons. The number of nitrogens with two attached hydrogens (primary N) is 1. The third-order valence-electron chi connectivity index (χ3n) is 1.88. The summed E-state index contributed by atoms with van der Waals surface area (Å²) in [5.74, 6) is -0.965. The van der Waals surface area contributed by atoms with E-state index in [1.165, 1.54) is 18.2 Å². The number of rotatable bonds is 4. The molecule has 1 amide bonds. The smallest absolute Gasteiger partial charge is 0.251 e. The first kappa shape index (κ1) is 13.8. The van der Waals surface area contributed by atoms with Crippen LogP contribution in [0.4, 0.5) is 0 Å². The van der Waals surface area contributed by atoms with Crippen LogP contribution in [0.2, 0.25) is 5.02 Å². The zero-order valence-electron chi connectivity index (χ0n) is 8.68. The van der Waals surface area contributed by atoms with Crippen LogP contribution in [0.15, 0.2) is 18.2 Å². The van der Waals surface area contributed by atoms with E-state index >= 15 is 0 Å². The van der Waals surface area contributed by atoms with Crippen molar-refractivity contribution in [2.45, 2.75) is 0 Å². The summed E-state index contributed by atoms with van der Waals surface area (Å²) in [5.41, 5.74) is 0.224. The highest BCUT2D eigenvalue weighted by atomic mass is 35.5. The number of carbonyl (C=O) groups excluding carboxylic acids is 1. The Hall–Kier alpha value is -1.31. The number of phenols is 1. The molecule has 17 heavy (non-hydrogen) atoms. The second kappa shape index (κ2) is 5.35. The number of hydrogen-bond donors (Lipinski definition) is 3. The Morgan fingerprint density at radius 3 is 2.65 bits per heavy atom. The van der Waals surface area contributed by atoms with E-state index in [1.54, 1.807) is 0 Å². The normalized spacial score (nSPS) is 11.2. The largest absolute Gasteiger partial charge is 0.506 e. The van der Waals surface area contributed by atoms with Gasteiger partial charge in [-0.05, 0) is 18.2 Å². The fourth-order valence-corrected chi connectivity index (χ4v) is 1.62. The third kappa shape index (κ3) is 4.59. The van der Waals surface area contributed by atoms with Gasteiger partial charge in [0.2, 0.25) is 10.0 Å². The van der Waals surface area contributed by atoms with Crippen molar-refractivity contribution in [3.05, 3.63) is 28.8 Å². The fourth-order valence-electron chi connectivity index (χ4n) is 1.06.